The number of ketones is 1. The van der Waals surface area contributed by atoms with Gasteiger partial charge in [-0.2, -0.15) is 5.10 Å². The van der Waals surface area contributed by atoms with Crippen molar-refractivity contribution in [1.29, 1.82) is 0 Å². The summed E-state index contributed by atoms with van der Waals surface area (Å²) in [5.41, 5.74) is 1.81. The largest absolute Gasteiger partial charge is 0.371 e. The van der Waals surface area contributed by atoms with E-state index < -0.39 is 0 Å². The average Bonchev–Trinajstić information content (AvgIpc) is 2.52. The summed E-state index contributed by atoms with van der Waals surface area (Å²) >= 11 is 3.46. The highest BCUT2D eigenvalue weighted by atomic mass is 79.9. The van der Waals surface area contributed by atoms with Crippen LogP contribution in [-0.4, -0.2) is 28.3 Å². The van der Waals surface area contributed by atoms with E-state index in [-0.39, 0.29) is 11.9 Å². The first-order valence-corrected chi connectivity index (χ1v) is 6.62. The van der Waals surface area contributed by atoms with Crippen LogP contribution in [0.15, 0.2) is 4.47 Å². The Morgan fingerprint density at radius 1 is 1.53 bits per heavy atom. The van der Waals surface area contributed by atoms with Gasteiger partial charge < -0.3 is 4.74 Å². The molecule has 0 radical (unpaired) electrons. The molecule has 1 rings (SSSR count). The number of ether oxygens (including phenoxy) is 1. The monoisotopic (exact) mass is 302 g/mol. The molecular weight excluding hydrogens is 284 g/mol. The first-order chi connectivity index (χ1) is 8.01. The Balaban J connectivity index is 2.80. The van der Waals surface area contributed by atoms with Crippen LogP contribution in [0.2, 0.25) is 0 Å². The normalized spacial score (nSPS) is 12.8. The molecule has 0 aromatic carbocycles. The van der Waals surface area contributed by atoms with E-state index in [0.717, 1.165) is 15.9 Å². The first-order valence-electron chi connectivity index (χ1n) is 5.83. The van der Waals surface area contributed by atoms with Crippen molar-refractivity contribution >= 4 is 21.7 Å². The number of hydrogen-bond donors (Lipinski definition) is 0. The zero-order chi connectivity index (χ0) is 13.0. The van der Waals surface area contributed by atoms with E-state index in [1.54, 1.807) is 4.68 Å². The summed E-state index contributed by atoms with van der Waals surface area (Å²) in [7, 11) is 1.85. The number of carbonyl (C=O) groups excluding carboxylic acids is 1. The fourth-order valence-electron chi connectivity index (χ4n) is 1.79. The second-order valence-electron chi connectivity index (χ2n) is 3.97. The third-order valence-corrected chi connectivity index (χ3v) is 3.73. The van der Waals surface area contributed by atoms with E-state index in [0.29, 0.717) is 19.4 Å². The predicted molar refractivity (Wildman–Crippen MR) is 70.1 cm³/mol. The lowest BCUT2D eigenvalue weighted by molar-refractivity contribution is -0.129. The van der Waals surface area contributed by atoms with E-state index >= 15 is 0 Å². The molecule has 0 amide bonds. The van der Waals surface area contributed by atoms with Crippen LogP contribution in [0.25, 0.3) is 0 Å². The molecule has 1 atom stereocenters. The van der Waals surface area contributed by atoms with Crippen LogP contribution in [0.1, 0.15) is 31.7 Å². The highest BCUT2D eigenvalue weighted by Gasteiger charge is 2.20. The minimum atomic E-state index is -0.304. The maximum atomic E-state index is 12.1. The summed E-state index contributed by atoms with van der Waals surface area (Å²) in [5, 5.41) is 4.27. The molecule has 96 valence electrons. The SMILES string of the molecule is CCOC(CC)C(=O)Cc1c(Br)c(C)nn1C. The van der Waals surface area contributed by atoms with Gasteiger partial charge in [-0.3, -0.25) is 9.48 Å². The summed E-state index contributed by atoms with van der Waals surface area (Å²) in [6, 6.07) is 0. The number of halogens is 1. The lowest BCUT2D eigenvalue weighted by Gasteiger charge is -2.13. The molecule has 17 heavy (non-hydrogen) atoms. The summed E-state index contributed by atoms with van der Waals surface area (Å²) in [6.45, 7) is 6.34. The van der Waals surface area contributed by atoms with Gasteiger partial charge in [-0.25, -0.2) is 0 Å². The number of carbonyl (C=O) groups is 1. The summed E-state index contributed by atoms with van der Waals surface area (Å²) in [4.78, 5) is 12.1. The second-order valence-corrected chi connectivity index (χ2v) is 4.76. The number of nitrogens with zero attached hydrogens (tertiary/aromatic N) is 2. The van der Waals surface area contributed by atoms with E-state index in [1.807, 2.05) is 27.8 Å². The maximum Gasteiger partial charge on any atom is 0.167 e. The minimum Gasteiger partial charge on any atom is -0.371 e. The Hall–Kier alpha value is -0.680. The lowest BCUT2D eigenvalue weighted by Crippen LogP contribution is -2.26. The van der Waals surface area contributed by atoms with Gasteiger partial charge in [0.05, 0.1) is 22.3 Å². The molecule has 0 saturated heterocycles. The second kappa shape index (κ2) is 6.31. The average molecular weight is 303 g/mol. The minimum absolute atomic E-state index is 0.109. The zero-order valence-electron chi connectivity index (χ0n) is 10.8. The molecule has 0 aliphatic carbocycles. The molecule has 0 N–H and O–H groups in total. The molecule has 0 spiro atoms. The van der Waals surface area contributed by atoms with Crippen molar-refractivity contribution in [2.75, 3.05) is 6.61 Å². The molecule has 0 saturated carbocycles. The molecule has 0 fully saturated rings. The van der Waals surface area contributed by atoms with Crippen LogP contribution in [0.4, 0.5) is 0 Å². The molecule has 0 bridgehead atoms. The van der Waals surface area contributed by atoms with Crippen LogP contribution in [0.3, 0.4) is 0 Å². The van der Waals surface area contributed by atoms with Gasteiger partial charge in [0.15, 0.2) is 5.78 Å². The van der Waals surface area contributed by atoms with Crippen LogP contribution >= 0.6 is 15.9 Å². The van der Waals surface area contributed by atoms with Crippen molar-refractivity contribution in [1.82, 2.24) is 9.78 Å². The van der Waals surface area contributed by atoms with Crippen molar-refractivity contribution in [3.8, 4) is 0 Å². The van der Waals surface area contributed by atoms with Crippen molar-refractivity contribution < 1.29 is 9.53 Å². The summed E-state index contributed by atoms with van der Waals surface area (Å²) in [6.07, 6.45) is 0.763. The highest BCUT2D eigenvalue weighted by Crippen LogP contribution is 2.21. The molecule has 0 aliphatic heterocycles. The number of aryl methyl sites for hydroxylation is 2. The standard InChI is InChI=1S/C12H19BrN2O2/c1-5-11(17-6-2)10(16)7-9-12(13)8(3)14-15(9)4/h11H,5-7H2,1-4H3. The Labute approximate surface area is 110 Å². The van der Waals surface area contributed by atoms with Gasteiger partial charge in [-0.15, -0.1) is 0 Å². The van der Waals surface area contributed by atoms with Crippen molar-refractivity contribution in [2.24, 2.45) is 7.05 Å². The Kier molecular flexibility index (Phi) is 5.33. The van der Waals surface area contributed by atoms with Crippen LogP contribution in [0, 0.1) is 6.92 Å². The number of rotatable bonds is 6. The summed E-state index contributed by atoms with van der Waals surface area (Å²) < 4.78 is 8.08. The zero-order valence-corrected chi connectivity index (χ0v) is 12.4. The fraction of sp³-hybridized carbons (Fsp3) is 0.667. The van der Waals surface area contributed by atoms with Gasteiger partial charge >= 0.3 is 0 Å². The molecule has 4 nitrogen and oxygen atoms in total. The van der Waals surface area contributed by atoms with Crippen molar-refractivity contribution in [3.05, 3.63) is 15.9 Å². The first kappa shape index (κ1) is 14.4. The van der Waals surface area contributed by atoms with E-state index in [9.17, 15) is 4.79 Å². The molecule has 5 heteroatoms. The number of hydrogen-bond acceptors (Lipinski definition) is 3. The Bertz CT molecular complexity index is 401. The van der Waals surface area contributed by atoms with E-state index in [2.05, 4.69) is 21.0 Å². The van der Waals surface area contributed by atoms with Crippen molar-refractivity contribution in [2.45, 2.75) is 39.7 Å². The third kappa shape index (κ3) is 3.39. The van der Waals surface area contributed by atoms with Crippen LogP contribution < -0.4 is 0 Å². The summed E-state index contributed by atoms with van der Waals surface area (Å²) in [5.74, 6) is 0.109. The molecule has 1 unspecified atom stereocenters. The molecular formula is C12H19BrN2O2. The molecule has 1 heterocycles. The fourth-order valence-corrected chi connectivity index (χ4v) is 2.27. The Morgan fingerprint density at radius 2 is 2.18 bits per heavy atom. The van der Waals surface area contributed by atoms with Crippen LogP contribution in [-0.2, 0) is 23.0 Å². The van der Waals surface area contributed by atoms with Crippen molar-refractivity contribution in [3.63, 3.8) is 0 Å². The quantitative estimate of drug-likeness (QED) is 0.810. The molecule has 0 aliphatic rings. The molecule has 1 aromatic heterocycles. The topological polar surface area (TPSA) is 44.1 Å². The highest BCUT2D eigenvalue weighted by molar-refractivity contribution is 9.10. The smallest absolute Gasteiger partial charge is 0.167 e. The predicted octanol–water partition coefficient (Wildman–Crippen LogP) is 2.42. The van der Waals surface area contributed by atoms with Crippen LogP contribution in [0.5, 0.6) is 0 Å². The van der Waals surface area contributed by atoms with E-state index in [1.165, 1.54) is 0 Å². The molecule has 1 aromatic rings. The van der Waals surface area contributed by atoms with E-state index in [4.69, 9.17) is 4.74 Å². The maximum absolute atomic E-state index is 12.1. The van der Waals surface area contributed by atoms with Gasteiger partial charge in [0.25, 0.3) is 0 Å². The number of Topliss-reactive ketones (excluding diaryl/α,β-unsaturated/α-hetero) is 1. The Morgan fingerprint density at radius 3 is 2.59 bits per heavy atom. The van der Waals surface area contributed by atoms with Gasteiger partial charge in [0.1, 0.15) is 6.10 Å². The van der Waals surface area contributed by atoms with Gasteiger partial charge in [-0.1, -0.05) is 6.92 Å². The van der Waals surface area contributed by atoms with Gasteiger partial charge in [-0.05, 0) is 36.2 Å². The third-order valence-electron chi connectivity index (χ3n) is 2.70. The number of aromatic nitrogens is 2. The van der Waals surface area contributed by atoms with Gasteiger partial charge in [0, 0.05) is 13.7 Å². The van der Waals surface area contributed by atoms with Gasteiger partial charge in [0.2, 0.25) is 0 Å². The lowest BCUT2D eigenvalue weighted by atomic mass is 10.1.